The van der Waals surface area contributed by atoms with Gasteiger partial charge in [0.15, 0.2) is 22.3 Å². The van der Waals surface area contributed by atoms with Crippen molar-refractivity contribution in [3.8, 4) is 11.5 Å². The van der Waals surface area contributed by atoms with Crippen LogP contribution in [0.15, 0.2) is 22.7 Å². The summed E-state index contributed by atoms with van der Waals surface area (Å²) in [4.78, 5) is 111. The molecule has 10 N–H and O–H groups in total. The number of thioether (sulfide) groups is 1. The Bertz CT molecular complexity index is 2070. The number of rotatable bonds is 13. The number of urea groups is 1. The number of carbonyl (C=O) groups excluding carboxylic acids is 6. The van der Waals surface area contributed by atoms with Crippen LogP contribution in [0, 0.1) is 0 Å². The molecule has 1 aromatic carbocycles. The summed E-state index contributed by atoms with van der Waals surface area (Å²) < 4.78 is 0. The van der Waals surface area contributed by atoms with Crippen LogP contribution in [0.3, 0.4) is 0 Å². The minimum absolute atomic E-state index is 0.0331. The number of carboxylic acid groups (broad SMARTS) is 2. The van der Waals surface area contributed by atoms with Crippen molar-refractivity contribution in [3.63, 3.8) is 0 Å². The van der Waals surface area contributed by atoms with Crippen molar-refractivity contribution >= 4 is 93.0 Å². The van der Waals surface area contributed by atoms with Crippen LogP contribution in [0.25, 0.3) is 0 Å². The average Bonchev–Trinajstić information content (AvgIpc) is 3.85. The Kier molecular flexibility index (Phi) is 11.4. The molecular formula is C29H31ClN10O14S2. The van der Waals surface area contributed by atoms with E-state index in [4.69, 9.17) is 22.2 Å². The number of phenolic OH excluding ortho intramolecular Hbond substituents is 2. The lowest BCUT2D eigenvalue weighted by atomic mass is 10.1. The lowest BCUT2D eigenvalue weighted by Gasteiger charge is -2.41. The van der Waals surface area contributed by atoms with Crippen LogP contribution < -0.4 is 21.8 Å². The van der Waals surface area contributed by atoms with Gasteiger partial charge in [-0.2, -0.15) is 0 Å². The van der Waals surface area contributed by atoms with E-state index in [1.807, 2.05) is 5.43 Å². The van der Waals surface area contributed by atoms with Crippen LogP contribution in [-0.4, -0.2) is 158 Å². The number of hydrogen-bond donors (Lipinski definition) is 9. The van der Waals surface area contributed by atoms with E-state index in [-0.39, 0.29) is 34.5 Å². The van der Waals surface area contributed by atoms with Crippen LogP contribution in [0.5, 0.6) is 11.5 Å². The van der Waals surface area contributed by atoms with Crippen LogP contribution in [0.2, 0.25) is 5.02 Å². The number of halogens is 1. The topological polar surface area (TPSA) is 347 Å². The Morgan fingerprint density at radius 1 is 1.12 bits per heavy atom. The summed E-state index contributed by atoms with van der Waals surface area (Å²) >= 11 is 7.41. The summed E-state index contributed by atoms with van der Waals surface area (Å²) in [5, 5.41) is 57.8. The second kappa shape index (κ2) is 15.6. The molecule has 3 aliphatic rings. The van der Waals surface area contributed by atoms with Gasteiger partial charge >= 0.3 is 29.8 Å². The van der Waals surface area contributed by atoms with Gasteiger partial charge in [0.2, 0.25) is 16.4 Å². The Hall–Kier alpha value is -6.12. The molecule has 24 nitrogen and oxygen atoms in total. The van der Waals surface area contributed by atoms with E-state index in [0.717, 1.165) is 33.3 Å². The van der Waals surface area contributed by atoms with E-state index >= 15 is 0 Å². The van der Waals surface area contributed by atoms with E-state index in [2.05, 4.69) is 20.8 Å². The quantitative estimate of drug-likeness (QED) is 0.0262. The summed E-state index contributed by atoms with van der Waals surface area (Å²) in [6.07, 6.45) is 0. The van der Waals surface area contributed by atoms with E-state index in [1.54, 1.807) is 0 Å². The molecule has 0 radical (unpaired) electrons. The van der Waals surface area contributed by atoms with E-state index in [1.165, 1.54) is 19.2 Å². The average molecular weight is 843 g/mol. The van der Waals surface area contributed by atoms with E-state index < -0.39 is 111 Å². The van der Waals surface area contributed by atoms with Crippen molar-refractivity contribution in [1.29, 1.82) is 0 Å². The number of thiazole rings is 1. The third-order valence-corrected chi connectivity index (χ3v) is 11.1. The fourth-order valence-corrected chi connectivity index (χ4v) is 7.71. The smallest absolute Gasteiger partial charge is 0.350 e. The zero-order valence-corrected chi connectivity index (χ0v) is 31.2. The molecule has 27 heteroatoms. The molecule has 3 saturated heterocycles. The third-order valence-electron chi connectivity index (χ3n) is 8.38. The number of anilines is 1. The largest absolute Gasteiger partial charge is 0.504 e. The molecule has 4 heterocycles. The van der Waals surface area contributed by atoms with Crippen LogP contribution in [0.4, 0.5) is 9.93 Å². The Morgan fingerprint density at radius 3 is 2.45 bits per heavy atom. The van der Waals surface area contributed by atoms with E-state index in [0.29, 0.717) is 16.8 Å². The van der Waals surface area contributed by atoms with E-state index in [9.17, 15) is 64.0 Å². The molecule has 0 spiro atoms. The van der Waals surface area contributed by atoms with Crippen LogP contribution in [0.1, 0.15) is 29.9 Å². The number of nitrogens with one attached hydrogen (secondary N) is 3. The van der Waals surface area contributed by atoms with Gasteiger partial charge in [-0.05, 0) is 26.0 Å². The predicted octanol–water partition coefficient (Wildman–Crippen LogP) is -2.03. The van der Waals surface area contributed by atoms with Gasteiger partial charge in [-0.25, -0.2) is 29.4 Å². The number of hydrazine groups is 1. The number of carboxylic acids is 2. The van der Waals surface area contributed by atoms with Crippen molar-refractivity contribution in [2.45, 2.75) is 35.7 Å². The number of aliphatic carboxylic acids is 2. The maximum Gasteiger partial charge on any atom is 0.350 e. The number of oxime groups is 1. The number of amides is 7. The number of aromatic nitrogens is 1. The standard InChI is InChI=1S/C29H31ClN10O14S2/c1-28(2,24(48)49)54-36-15(12-9-55-26(31)33-12)18(43)34-16-22(47)37-10-29(25(50)51,56-23(16)37)38-7-8-39(27(38)52)35-20(45)19(44)32-5-6-40(53)21(46)11-3-4-13(41)17(42)14(11)30/h3-4,9,16,23,41-42,53H,5-8,10H2,1-2H3,(H2,31,33)(H,32,44)(H,34,43)(H,35,45)(H,48,49)(H,50,51)/b36-15-/t16-,23-,29-/m1/s1. The number of benzene rings is 1. The van der Waals surface area contributed by atoms with Crippen molar-refractivity contribution in [3.05, 3.63) is 33.8 Å². The molecule has 0 aliphatic carbocycles. The first kappa shape index (κ1) is 41.1. The number of phenols is 2. The number of aromatic hydroxyl groups is 2. The van der Waals surface area contributed by atoms with Crippen LogP contribution in [-0.2, 0) is 33.6 Å². The molecule has 0 unspecified atom stereocenters. The second-order valence-corrected chi connectivity index (χ2v) is 15.1. The number of fused-ring (bicyclic) bond motifs is 1. The molecule has 2 aromatic rings. The summed E-state index contributed by atoms with van der Waals surface area (Å²) in [6, 6.07) is -0.406. The van der Waals surface area contributed by atoms with Gasteiger partial charge in [-0.1, -0.05) is 28.5 Å². The summed E-state index contributed by atoms with van der Waals surface area (Å²) in [6.45, 7) is 0.161. The van der Waals surface area contributed by atoms with Crippen LogP contribution >= 0.6 is 34.7 Å². The summed E-state index contributed by atoms with van der Waals surface area (Å²) in [7, 11) is 0. The zero-order valence-electron chi connectivity index (χ0n) is 28.8. The first-order chi connectivity index (χ1) is 26.2. The zero-order chi connectivity index (χ0) is 41.4. The number of hydrogen-bond acceptors (Lipinski definition) is 17. The number of nitrogens with zero attached hydrogens (tertiary/aromatic N) is 6. The Labute approximate surface area is 326 Å². The number of nitrogens with two attached hydrogens (primary N) is 1. The molecule has 3 fully saturated rings. The van der Waals surface area contributed by atoms with Crippen molar-refractivity contribution in [2.24, 2.45) is 5.16 Å². The third kappa shape index (κ3) is 7.70. The second-order valence-electron chi connectivity index (χ2n) is 12.4. The Morgan fingerprint density at radius 2 is 1.82 bits per heavy atom. The molecule has 0 saturated carbocycles. The van der Waals surface area contributed by atoms with Gasteiger partial charge in [0.1, 0.15) is 17.1 Å². The van der Waals surface area contributed by atoms with Crippen molar-refractivity contribution in [1.82, 2.24) is 40.9 Å². The van der Waals surface area contributed by atoms with Gasteiger partial charge in [0.25, 0.3) is 11.8 Å². The van der Waals surface area contributed by atoms with Gasteiger partial charge < -0.3 is 46.5 Å². The first-order valence-corrected chi connectivity index (χ1v) is 18.0. The molecular weight excluding hydrogens is 812 g/mol. The summed E-state index contributed by atoms with van der Waals surface area (Å²) in [5.41, 5.74) is 4.83. The Balaban J connectivity index is 1.19. The molecule has 3 atom stereocenters. The SMILES string of the molecule is CC(C)(O/N=C(\C(=O)N[C@@H]1C(=O)N2C[C@@](C(=O)O)(N3CCN(NC(=O)C(=O)NCCN(O)C(=O)c4ccc(O)c(O)c4Cl)C3=O)S[C@H]12)c1csc(N)n1)C(=O)O. The highest BCUT2D eigenvalue weighted by Gasteiger charge is 2.66. The lowest BCUT2D eigenvalue weighted by Crippen LogP contribution is -2.68. The maximum atomic E-state index is 13.4. The molecule has 5 rings (SSSR count). The number of β-lactam (4-membered cyclic amide) rings is 1. The minimum Gasteiger partial charge on any atom is -0.504 e. The normalized spacial score (nSPS) is 20.6. The van der Waals surface area contributed by atoms with Gasteiger partial charge in [0.05, 0.1) is 30.2 Å². The molecule has 0 bridgehead atoms. The molecule has 56 heavy (non-hydrogen) atoms. The molecule has 1 aromatic heterocycles. The highest BCUT2D eigenvalue weighted by atomic mass is 35.5. The number of hydroxylamine groups is 2. The first-order valence-electron chi connectivity index (χ1n) is 15.8. The van der Waals surface area contributed by atoms with Crippen molar-refractivity contribution in [2.75, 3.05) is 38.5 Å². The summed E-state index contributed by atoms with van der Waals surface area (Å²) in [5.74, 6) is -9.91. The maximum absolute atomic E-state index is 13.4. The van der Waals surface area contributed by atoms with Gasteiger partial charge in [-0.3, -0.25) is 39.5 Å². The monoisotopic (exact) mass is 842 g/mol. The molecule has 300 valence electrons. The minimum atomic E-state index is -2.11. The predicted molar refractivity (Wildman–Crippen MR) is 189 cm³/mol. The fourth-order valence-electron chi connectivity index (χ4n) is 5.28. The fraction of sp³-hybridized carbons (Fsp3) is 0.379. The molecule has 3 aliphatic heterocycles. The van der Waals surface area contributed by atoms with Gasteiger partial charge in [0, 0.05) is 18.5 Å². The molecule has 7 amide bonds. The number of nitrogen functional groups attached to an aromatic ring is 1. The highest BCUT2D eigenvalue weighted by molar-refractivity contribution is 8.02. The van der Waals surface area contributed by atoms with Crippen molar-refractivity contribution < 1.29 is 68.8 Å². The number of carbonyl (C=O) groups is 8. The highest BCUT2D eigenvalue weighted by Crippen LogP contribution is 2.49. The lowest BCUT2D eigenvalue weighted by molar-refractivity contribution is -0.161. The van der Waals surface area contributed by atoms with Gasteiger partial charge in [-0.15, -0.1) is 11.3 Å².